The minimum Gasteiger partial charge on any atom is -0.478 e. The summed E-state index contributed by atoms with van der Waals surface area (Å²) in [5.41, 5.74) is 4.47. The van der Waals surface area contributed by atoms with Gasteiger partial charge in [-0.05, 0) is 54.0 Å². The van der Waals surface area contributed by atoms with Crippen LogP contribution in [0.1, 0.15) is 57.8 Å². The summed E-state index contributed by atoms with van der Waals surface area (Å²) in [6, 6.07) is 10.8. The highest BCUT2D eigenvalue weighted by atomic mass is 19.1. The topological polar surface area (TPSA) is 40.5 Å². The maximum atomic E-state index is 14.9. The molecule has 0 radical (unpaired) electrons. The number of nitrogens with zero attached hydrogens (tertiary/aromatic N) is 1. The van der Waals surface area contributed by atoms with Crippen LogP contribution in [0.15, 0.2) is 60.7 Å². The number of carboxylic acid groups (broad SMARTS) is 1. The van der Waals surface area contributed by atoms with E-state index in [9.17, 15) is 14.3 Å². The van der Waals surface area contributed by atoms with Gasteiger partial charge in [0.15, 0.2) is 0 Å². The van der Waals surface area contributed by atoms with Gasteiger partial charge in [-0.3, -0.25) is 0 Å². The van der Waals surface area contributed by atoms with Crippen LogP contribution in [0.4, 0.5) is 10.1 Å². The third-order valence-corrected chi connectivity index (χ3v) is 7.32. The zero-order valence-corrected chi connectivity index (χ0v) is 16.0. The fourth-order valence-corrected chi connectivity index (χ4v) is 6.17. The molecule has 2 aliphatic carbocycles. The number of hydrogen-bond donors (Lipinski definition) is 1. The van der Waals surface area contributed by atoms with Crippen molar-refractivity contribution in [3.8, 4) is 0 Å². The number of aromatic carboxylic acids is 1. The van der Waals surface area contributed by atoms with Gasteiger partial charge in [0, 0.05) is 29.6 Å². The monoisotopic (exact) mass is 387 g/mol. The Morgan fingerprint density at radius 3 is 2.52 bits per heavy atom. The average molecular weight is 387 g/mol. The largest absolute Gasteiger partial charge is 0.478 e. The number of carbonyl (C=O) groups is 1. The minimum atomic E-state index is -0.880. The van der Waals surface area contributed by atoms with E-state index < -0.39 is 5.97 Å². The van der Waals surface area contributed by atoms with E-state index in [1.807, 2.05) is 24.3 Å². The highest BCUT2D eigenvalue weighted by Crippen LogP contribution is 2.59. The zero-order valence-electron chi connectivity index (χ0n) is 16.0. The molecule has 0 unspecified atom stereocenters. The summed E-state index contributed by atoms with van der Waals surface area (Å²) in [6.45, 7) is 0.881. The Hall–Kier alpha value is -2.88. The number of halogens is 1. The van der Waals surface area contributed by atoms with Crippen molar-refractivity contribution >= 4 is 11.7 Å². The second-order valence-corrected chi connectivity index (χ2v) is 8.73. The first-order valence-corrected chi connectivity index (χ1v) is 10.4. The van der Waals surface area contributed by atoms with Crippen molar-refractivity contribution in [1.29, 1.82) is 0 Å². The van der Waals surface area contributed by atoms with Crippen LogP contribution in [0.3, 0.4) is 0 Å². The van der Waals surface area contributed by atoms with Gasteiger partial charge in [-0.15, -0.1) is 0 Å². The standard InChI is InChI=1S/C25H22FNO2/c26-22-10-2-1-6-19(22)23-18-9-4-8-17(18)21-12-15(25(28)29)11-20-16-7-3-5-14(16)13-27(23)24(20)21/h1-4,6-8,10-12,14,16-18,23H,5,9,13H2,(H,28,29)/t14-,16+,17+,18-,23-/m1/s1. The molecule has 2 aromatic rings. The second kappa shape index (κ2) is 6.06. The Balaban J connectivity index is 1.62. The lowest BCUT2D eigenvalue weighted by Crippen LogP contribution is -2.46. The minimum absolute atomic E-state index is 0.0281. The molecule has 6 rings (SSSR count). The summed E-state index contributed by atoms with van der Waals surface area (Å²) in [7, 11) is 0. The lowest BCUT2D eigenvalue weighted by Gasteiger charge is -2.51. The third kappa shape index (κ3) is 2.32. The molecule has 1 N–H and O–H groups in total. The maximum Gasteiger partial charge on any atom is 0.335 e. The lowest BCUT2D eigenvalue weighted by atomic mass is 9.70. The molecule has 0 saturated heterocycles. The first kappa shape index (κ1) is 17.0. The van der Waals surface area contributed by atoms with Gasteiger partial charge >= 0.3 is 5.97 Å². The molecule has 5 atom stereocenters. The fourth-order valence-electron chi connectivity index (χ4n) is 6.17. The van der Waals surface area contributed by atoms with Gasteiger partial charge < -0.3 is 10.0 Å². The molecule has 2 aliphatic heterocycles. The summed E-state index contributed by atoms with van der Waals surface area (Å²) < 4.78 is 14.9. The van der Waals surface area contributed by atoms with Crippen LogP contribution in [-0.4, -0.2) is 17.6 Å². The van der Waals surface area contributed by atoms with E-state index in [1.54, 1.807) is 12.1 Å². The summed E-state index contributed by atoms with van der Waals surface area (Å²) >= 11 is 0. The summed E-state index contributed by atoms with van der Waals surface area (Å²) in [5, 5.41) is 9.74. The van der Waals surface area contributed by atoms with Gasteiger partial charge in [0.25, 0.3) is 0 Å². The van der Waals surface area contributed by atoms with E-state index in [2.05, 4.69) is 29.2 Å². The van der Waals surface area contributed by atoms with Gasteiger partial charge in [-0.25, -0.2) is 9.18 Å². The molecule has 4 heteroatoms. The van der Waals surface area contributed by atoms with Crippen molar-refractivity contribution in [2.75, 3.05) is 11.4 Å². The van der Waals surface area contributed by atoms with Crippen molar-refractivity contribution in [1.82, 2.24) is 0 Å². The molecular formula is C25H22FNO2. The van der Waals surface area contributed by atoms with E-state index in [4.69, 9.17) is 0 Å². The Bertz CT molecular complexity index is 1070. The van der Waals surface area contributed by atoms with Gasteiger partial charge in [0.2, 0.25) is 0 Å². The fraction of sp³-hybridized carbons (Fsp3) is 0.320. The van der Waals surface area contributed by atoms with Crippen LogP contribution in [0, 0.1) is 17.7 Å². The smallest absolute Gasteiger partial charge is 0.335 e. The number of hydrogen-bond acceptors (Lipinski definition) is 2. The molecule has 0 aromatic heterocycles. The molecule has 0 fully saturated rings. The first-order valence-electron chi connectivity index (χ1n) is 10.4. The predicted molar refractivity (Wildman–Crippen MR) is 110 cm³/mol. The van der Waals surface area contributed by atoms with Crippen molar-refractivity contribution in [2.45, 2.75) is 30.7 Å². The predicted octanol–water partition coefficient (Wildman–Crippen LogP) is 5.42. The Labute approximate surface area is 169 Å². The number of benzene rings is 2. The quantitative estimate of drug-likeness (QED) is 0.700. The number of rotatable bonds is 2. The van der Waals surface area contributed by atoms with Crippen molar-refractivity contribution < 1.29 is 14.3 Å². The van der Waals surface area contributed by atoms with E-state index in [0.717, 1.165) is 41.8 Å². The number of anilines is 1. The Morgan fingerprint density at radius 1 is 1.00 bits per heavy atom. The zero-order chi connectivity index (χ0) is 19.7. The lowest BCUT2D eigenvalue weighted by molar-refractivity contribution is 0.0696. The Morgan fingerprint density at radius 2 is 1.72 bits per heavy atom. The molecule has 0 saturated carbocycles. The molecule has 3 nitrogen and oxygen atoms in total. The van der Waals surface area contributed by atoms with Crippen molar-refractivity contribution in [3.63, 3.8) is 0 Å². The van der Waals surface area contributed by atoms with E-state index in [1.165, 1.54) is 0 Å². The van der Waals surface area contributed by atoms with E-state index in [-0.39, 0.29) is 29.6 Å². The normalized spacial score (nSPS) is 30.8. The third-order valence-electron chi connectivity index (χ3n) is 7.32. The van der Waals surface area contributed by atoms with E-state index in [0.29, 0.717) is 11.5 Å². The van der Waals surface area contributed by atoms with Gasteiger partial charge in [0.1, 0.15) is 5.82 Å². The number of carboxylic acids is 1. The van der Waals surface area contributed by atoms with Crippen LogP contribution in [0.25, 0.3) is 0 Å². The maximum absolute atomic E-state index is 14.9. The van der Waals surface area contributed by atoms with Crippen molar-refractivity contribution in [3.05, 3.63) is 88.8 Å². The molecule has 0 bridgehead atoms. The summed E-state index contributed by atoms with van der Waals surface area (Å²) in [4.78, 5) is 14.3. The SMILES string of the molecule is O=C(O)c1cc2c3c(c1)[C@H]1C=CC[C@H]1[C@H](c1ccccc1F)N3C[C@H]1CC=C[C@H]21. The van der Waals surface area contributed by atoms with Crippen LogP contribution >= 0.6 is 0 Å². The molecule has 146 valence electrons. The van der Waals surface area contributed by atoms with E-state index >= 15 is 0 Å². The number of allylic oxidation sites excluding steroid dienone is 4. The Kier molecular flexibility index (Phi) is 3.55. The van der Waals surface area contributed by atoms with Crippen LogP contribution in [0.5, 0.6) is 0 Å². The molecule has 2 aromatic carbocycles. The first-order chi connectivity index (χ1) is 14.1. The summed E-state index contributed by atoms with van der Waals surface area (Å²) in [6.07, 6.45) is 10.7. The molecule has 4 aliphatic rings. The van der Waals surface area contributed by atoms with Crippen molar-refractivity contribution in [2.24, 2.45) is 11.8 Å². The van der Waals surface area contributed by atoms with Crippen LogP contribution in [0.2, 0.25) is 0 Å². The number of fused-ring (bicyclic) bond motifs is 4. The van der Waals surface area contributed by atoms with Gasteiger partial charge in [-0.1, -0.05) is 42.5 Å². The molecule has 0 spiro atoms. The molecule has 0 amide bonds. The molecular weight excluding hydrogens is 365 g/mol. The van der Waals surface area contributed by atoms with Gasteiger partial charge in [-0.2, -0.15) is 0 Å². The van der Waals surface area contributed by atoms with Gasteiger partial charge in [0.05, 0.1) is 11.6 Å². The molecule has 2 heterocycles. The van der Waals surface area contributed by atoms with Crippen LogP contribution < -0.4 is 4.90 Å². The second-order valence-electron chi connectivity index (χ2n) is 8.73. The molecule has 29 heavy (non-hydrogen) atoms. The van der Waals surface area contributed by atoms with Crippen LogP contribution in [-0.2, 0) is 0 Å². The highest BCUT2D eigenvalue weighted by molar-refractivity contribution is 5.90. The highest BCUT2D eigenvalue weighted by Gasteiger charge is 2.48. The summed E-state index contributed by atoms with van der Waals surface area (Å²) in [5.74, 6) is -0.00781. The average Bonchev–Trinajstić information content (AvgIpc) is 3.38.